The third kappa shape index (κ3) is 3.31. The standard InChI is InChI=1S/C14H16N2O2/c15-8-1-9-16(12-4-5-12)10-14(18)11-2-6-13(17)7-3-11/h2-3,6-7,12,17H,1,4-5,9-10H2. The van der Waals surface area contributed by atoms with E-state index in [-0.39, 0.29) is 11.5 Å². The molecule has 1 aromatic rings. The summed E-state index contributed by atoms with van der Waals surface area (Å²) in [6, 6.07) is 8.89. The molecule has 1 aliphatic rings. The Balaban J connectivity index is 1.96. The van der Waals surface area contributed by atoms with E-state index in [1.807, 2.05) is 0 Å². The largest absolute Gasteiger partial charge is 0.508 e. The molecule has 0 spiro atoms. The Morgan fingerprint density at radius 3 is 2.61 bits per heavy atom. The van der Waals surface area contributed by atoms with Crippen LogP contribution in [-0.4, -0.2) is 34.9 Å². The molecule has 0 unspecified atom stereocenters. The van der Waals surface area contributed by atoms with E-state index in [4.69, 9.17) is 5.26 Å². The van der Waals surface area contributed by atoms with Gasteiger partial charge in [0.15, 0.2) is 5.78 Å². The lowest BCUT2D eigenvalue weighted by Crippen LogP contribution is -2.32. The number of benzene rings is 1. The van der Waals surface area contributed by atoms with E-state index in [0.29, 0.717) is 31.1 Å². The van der Waals surface area contributed by atoms with Gasteiger partial charge < -0.3 is 5.11 Å². The molecule has 1 aromatic carbocycles. The SMILES string of the molecule is N#CCCN(CC(=O)c1ccc(O)cc1)C1CC1. The fraction of sp³-hybridized carbons (Fsp3) is 0.429. The smallest absolute Gasteiger partial charge is 0.176 e. The van der Waals surface area contributed by atoms with Crippen molar-refractivity contribution in [2.24, 2.45) is 0 Å². The highest BCUT2D eigenvalue weighted by atomic mass is 16.3. The van der Waals surface area contributed by atoms with Crippen LogP contribution in [0.5, 0.6) is 5.75 Å². The van der Waals surface area contributed by atoms with Gasteiger partial charge in [-0.2, -0.15) is 5.26 Å². The van der Waals surface area contributed by atoms with Crippen molar-refractivity contribution < 1.29 is 9.90 Å². The number of aromatic hydroxyl groups is 1. The first-order chi connectivity index (χ1) is 8.70. The minimum absolute atomic E-state index is 0.0415. The Hall–Kier alpha value is -1.86. The van der Waals surface area contributed by atoms with E-state index < -0.39 is 0 Å². The summed E-state index contributed by atoms with van der Waals surface area (Å²) in [6.07, 6.45) is 2.70. The second kappa shape index (κ2) is 5.65. The van der Waals surface area contributed by atoms with Crippen LogP contribution in [0.15, 0.2) is 24.3 Å². The van der Waals surface area contributed by atoms with Crippen molar-refractivity contribution >= 4 is 5.78 Å². The lowest BCUT2D eigenvalue weighted by molar-refractivity contribution is 0.0926. The van der Waals surface area contributed by atoms with Gasteiger partial charge in [0.05, 0.1) is 12.6 Å². The summed E-state index contributed by atoms with van der Waals surface area (Å²) in [6.45, 7) is 1.02. The van der Waals surface area contributed by atoms with Crippen LogP contribution in [-0.2, 0) is 0 Å². The van der Waals surface area contributed by atoms with Crippen LogP contribution >= 0.6 is 0 Å². The van der Waals surface area contributed by atoms with E-state index in [1.54, 1.807) is 12.1 Å². The molecular weight excluding hydrogens is 228 g/mol. The van der Waals surface area contributed by atoms with E-state index >= 15 is 0 Å². The summed E-state index contributed by atoms with van der Waals surface area (Å²) in [5.41, 5.74) is 0.607. The van der Waals surface area contributed by atoms with Gasteiger partial charge in [-0.25, -0.2) is 0 Å². The first-order valence-corrected chi connectivity index (χ1v) is 6.14. The van der Waals surface area contributed by atoms with Gasteiger partial charge in [0.1, 0.15) is 5.75 Å². The topological polar surface area (TPSA) is 64.3 Å². The average Bonchev–Trinajstić information content (AvgIpc) is 3.19. The maximum Gasteiger partial charge on any atom is 0.176 e. The number of phenols is 1. The van der Waals surface area contributed by atoms with E-state index in [0.717, 1.165) is 12.8 Å². The van der Waals surface area contributed by atoms with Gasteiger partial charge in [-0.05, 0) is 37.1 Å². The molecule has 94 valence electrons. The number of hydrogen-bond donors (Lipinski definition) is 1. The predicted octanol–water partition coefficient (Wildman–Crippen LogP) is 1.95. The fourth-order valence-electron chi connectivity index (χ4n) is 1.95. The third-order valence-corrected chi connectivity index (χ3v) is 3.11. The summed E-state index contributed by atoms with van der Waals surface area (Å²) in [5, 5.41) is 17.8. The summed E-state index contributed by atoms with van der Waals surface area (Å²) in [7, 11) is 0. The predicted molar refractivity (Wildman–Crippen MR) is 67.3 cm³/mol. The van der Waals surface area contributed by atoms with E-state index in [1.165, 1.54) is 12.1 Å². The number of nitriles is 1. The molecule has 18 heavy (non-hydrogen) atoms. The molecule has 0 aromatic heterocycles. The highest BCUT2D eigenvalue weighted by Gasteiger charge is 2.29. The minimum atomic E-state index is 0.0415. The molecule has 0 atom stereocenters. The first kappa shape index (κ1) is 12.6. The maximum atomic E-state index is 12.1. The number of ketones is 1. The van der Waals surface area contributed by atoms with Crippen molar-refractivity contribution in [2.75, 3.05) is 13.1 Å². The van der Waals surface area contributed by atoms with E-state index in [2.05, 4.69) is 11.0 Å². The summed E-state index contributed by atoms with van der Waals surface area (Å²) >= 11 is 0. The summed E-state index contributed by atoms with van der Waals surface area (Å²) in [4.78, 5) is 14.1. The van der Waals surface area contributed by atoms with Crippen molar-refractivity contribution in [3.8, 4) is 11.8 Å². The quantitative estimate of drug-likeness (QED) is 0.777. The molecule has 0 amide bonds. The van der Waals surface area contributed by atoms with Crippen LogP contribution < -0.4 is 0 Å². The fourth-order valence-corrected chi connectivity index (χ4v) is 1.95. The van der Waals surface area contributed by atoms with Crippen LogP contribution in [0.2, 0.25) is 0 Å². The number of hydrogen-bond acceptors (Lipinski definition) is 4. The number of phenolic OH excluding ortho intramolecular Hbond substituents is 1. The zero-order valence-electron chi connectivity index (χ0n) is 10.2. The molecule has 4 heteroatoms. The Morgan fingerprint density at radius 1 is 1.39 bits per heavy atom. The highest BCUT2D eigenvalue weighted by Crippen LogP contribution is 2.27. The zero-order valence-corrected chi connectivity index (χ0v) is 10.2. The van der Waals surface area contributed by atoms with Gasteiger partial charge in [0.25, 0.3) is 0 Å². The van der Waals surface area contributed by atoms with Crippen molar-refractivity contribution in [3.63, 3.8) is 0 Å². The van der Waals surface area contributed by atoms with Crippen molar-refractivity contribution in [1.29, 1.82) is 5.26 Å². The molecule has 0 saturated heterocycles. The minimum Gasteiger partial charge on any atom is -0.508 e. The van der Waals surface area contributed by atoms with Gasteiger partial charge in [0, 0.05) is 24.6 Å². The first-order valence-electron chi connectivity index (χ1n) is 6.14. The van der Waals surface area contributed by atoms with Gasteiger partial charge in [-0.15, -0.1) is 0 Å². The van der Waals surface area contributed by atoms with Crippen LogP contribution in [0.3, 0.4) is 0 Å². The van der Waals surface area contributed by atoms with Gasteiger partial charge in [-0.3, -0.25) is 9.69 Å². The van der Waals surface area contributed by atoms with Crippen molar-refractivity contribution in [3.05, 3.63) is 29.8 Å². The van der Waals surface area contributed by atoms with Crippen LogP contribution in [0.1, 0.15) is 29.6 Å². The third-order valence-electron chi connectivity index (χ3n) is 3.11. The number of carbonyl (C=O) groups is 1. The molecule has 1 fully saturated rings. The molecular formula is C14H16N2O2. The average molecular weight is 244 g/mol. The molecule has 0 bridgehead atoms. The van der Waals surface area contributed by atoms with Crippen LogP contribution in [0.25, 0.3) is 0 Å². The second-order valence-corrected chi connectivity index (χ2v) is 4.58. The Kier molecular flexibility index (Phi) is 3.96. The molecule has 0 aliphatic heterocycles. The molecule has 1 N–H and O–H groups in total. The molecule has 1 aliphatic carbocycles. The van der Waals surface area contributed by atoms with Crippen molar-refractivity contribution in [1.82, 2.24) is 4.90 Å². The van der Waals surface area contributed by atoms with Gasteiger partial charge in [0.2, 0.25) is 0 Å². The Labute approximate surface area is 106 Å². The second-order valence-electron chi connectivity index (χ2n) is 4.58. The number of carbonyl (C=O) groups excluding carboxylic acids is 1. The number of Topliss-reactive ketones (excluding diaryl/α,β-unsaturated/α-hetero) is 1. The molecule has 2 rings (SSSR count). The van der Waals surface area contributed by atoms with Gasteiger partial charge in [-0.1, -0.05) is 0 Å². The maximum absolute atomic E-state index is 12.1. The Bertz CT molecular complexity index is 458. The summed E-state index contributed by atoms with van der Waals surface area (Å²) < 4.78 is 0. The van der Waals surface area contributed by atoms with E-state index in [9.17, 15) is 9.90 Å². The normalized spacial score (nSPS) is 14.4. The zero-order chi connectivity index (χ0) is 13.0. The Morgan fingerprint density at radius 2 is 2.06 bits per heavy atom. The summed E-state index contributed by atoms with van der Waals surface area (Å²) in [5.74, 6) is 0.204. The molecule has 4 nitrogen and oxygen atoms in total. The van der Waals surface area contributed by atoms with Crippen molar-refractivity contribution in [2.45, 2.75) is 25.3 Å². The monoisotopic (exact) mass is 244 g/mol. The lowest BCUT2D eigenvalue weighted by Gasteiger charge is -2.19. The number of nitrogens with zero attached hydrogens (tertiary/aromatic N) is 2. The van der Waals surface area contributed by atoms with Gasteiger partial charge >= 0.3 is 0 Å². The highest BCUT2D eigenvalue weighted by molar-refractivity contribution is 5.97. The number of rotatable bonds is 6. The molecule has 1 saturated carbocycles. The molecule has 0 heterocycles. The lowest BCUT2D eigenvalue weighted by atomic mass is 10.1. The van der Waals surface area contributed by atoms with Crippen LogP contribution in [0, 0.1) is 11.3 Å². The van der Waals surface area contributed by atoms with Crippen LogP contribution in [0.4, 0.5) is 0 Å². The molecule has 0 radical (unpaired) electrons.